The van der Waals surface area contributed by atoms with E-state index in [1.165, 1.54) is 85.8 Å². The number of hydrogen-bond donors (Lipinski definition) is 5. The Balaban J connectivity index is 0.000000126. The maximum Gasteiger partial charge on any atom is 0.417 e. The van der Waals surface area contributed by atoms with Gasteiger partial charge in [-0.05, 0) is 182 Å². The van der Waals surface area contributed by atoms with E-state index in [9.17, 15) is 71.9 Å². The maximum absolute atomic E-state index is 13.8. The first-order valence-electron chi connectivity index (χ1n) is 41.4. The molecule has 4 atom stereocenters. The maximum atomic E-state index is 13.8. The molecule has 0 spiro atoms. The number of rotatable bonds is 16. The number of nitrogens with one attached hydrogen (secondary N) is 4. The molecule has 12 heterocycles. The number of halogens is 13. The minimum absolute atomic E-state index is 0.00832. The molecule has 40 heteroatoms. The zero-order valence-corrected chi connectivity index (χ0v) is 72.0. The molecule has 136 heavy (non-hydrogen) atoms. The van der Waals surface area contributed by atoms with Gasteiger partial charge in [0.25, 0.3) is 22.2 Å². The Morgan fingerprint density at radius 3 is 1.04 bits per heavy atom. The molecule has 684 valence electrons. The van der Waals surface area contributed by atoms with Crippen LogP contribution in [0.25, 0.3) is 99.1 Å². The molecule has 0 saturated carbocycles. The van der Waals surface area contributed by atoms with Gasteiger partial charge in [-0.25, -0.2) is 38.9 Å². The van der Waals surface area contributed by atoms with Crippen LogP contribution in [0.3, 0.4) is 0 Å². The summed E-state index contributed by atoms with van der Waals surface area (Å²) in [6.45, 7) is 7.16. The average molecular weight is 1870 g/mol. The lowest BCUT2D eigenvalue weighted by atomic mass is 10.0. The van der Waals surface area contributed by atoms with Crippen molar-refractivity contribution in [2.24, 2.45) is 0 Å². The lowest BCUT2D eigenvalue weighted by Gasteiger charge is -2.22. The van der Waals surface area contributed by atoms with Crippen LogP contribution in [0.1, 0.15) is 96.9 Å². The molecule has 0 saturated heterocycles. The fourth-order valence-electron chi connectivity index (χ4n) is 16.1. The van der Waals surface area contributed by atoms with Crippen LogP contribution in [-0.4, -0.2) is 87.3 Å². The van der Waals surface area contributed by atoms with Crippen LogP contribution >= 0.6 is 11.6 Å². The minimum atomic E-state index is -4.68. The molecule has 20 aromatic rings. The van der Waals surface area contributed by atoms with Crippen LogP contribution in [-0.2, 0) is 24.7 Å². The summed E-state index contributed by atoms with van der Waals surface area (Å²) in [6.07, 6.45) is -6.40. The number of pyridine rings is 6. The highest BCUT2D eigenvalue weighted by Crippen LogP contribution is 2.41. The van der Waals surface area contributed by atoms with Crippen LogP contribution in [0.15, 0.2) is 312 Å². The zero-order valence-electron chi connectivity index (χ0n) is 71.2. The van der Waals surface area contributed by atoms with Crippen LogP contribution < -0.4 is 49.2 Å². The third kappa shape index (κ3) is 18.4. The number of nitrogens with two attached hydrogens (primary N) is 1. The summed E-state index contributed by atoms with van der Waals surface area (Å²) in [5.74, 6) is 1.62. The van der Waals surface area contributed by atoms with Gasteiger partial charge in [0, 0.05) is 70.3 Å². The van der Waals surface area contributed by atoms with Gasteiger partial charge in [-0.3, -0.25) is 47.4 Å². The number of alkyl halides is 12. The van der Waals surface area contributed by atoms with Crippen molar-refractivity contribution < 1.29 is 52.7 Å². The third-order valence-corrected chi connectivity index (χ3v) is 22.3. The lowest BCUT2D eigenvalue weighted by Crippen LogP contribution is -2.27. The van der Waals surface area contributed by atoms with Crippen molar-refractivity contribution in [3.63, 3.8) is 0 Å². The Kier molecular flexibility index (Phi) is 24.8. The molecule has 0 aliphatic carbocycles. The first-order chi connectivity index (χ1) is 65.2. The number of benzene rings is 8. The van der Waals surface area contributed by atoms with E-state index in [2.05, 4.69) is 81.3 Å². The van der Waals surface area contributed by atoms with Crippen LogP contribution in [0.5, 0.6) is 0 Å². The van der Waals surface area contributed by atoms with E-state index in [1.807, 2.05) is 6.92 Å². The Hall–Kier alpha value is -16.9. The Bertz CT molecular complexity index is 7720. The summed E-state index contributed by atoms with van der Waals surface area (Å²) < 4.78 is 173. The van der Waals surface area contributed by atoms with E-state index in [-0.39, 0.29) is 43.5 Å². The molecule has 0 radical (unpaired) electrons. The summed E-state index contributed by atoms with van der Waals surface area (Å²) in [7, 11) is 0. The molecule has 0 fully saturated rings. The molecule has 0 amide bonds. The van der Waals surface area contributed by atoms with Crippen LogP contribution in [0, 0.1) is 0 Å². The monoisotopic (exact) mass is 1870 g/mol. The summed E-state index contributed by atoms with van der Waals surface area (Å²) in [6, 6.07) is 60.2. The molecular weight excluding hydrogens is 1800 g/mol. The Labute approximate surface area is 764 Å². The van der Waals surface area contributed by atoms with E-state index < -0.39 is 104 Å². The number of para-hydroxylation sites is 4. The third-order valence-electron chi connectivity index (χ3n) is 22.1. The first-order valence-corrected chi connectivity index (χ1v) is 41.8. The van der Waals surface area contributed by atoms with E-state index in [1.54, 1.807) is 231 Å². The first kappa shape index (κ1) is 91.0. The zero-order chi connectivity index (χ0) is 95.8. The predicted molar refractivity (Wildman–Crippen MR) is 492 cm³/mol. The van der Waals surface area contributed by atoms with E-state index >= 15 is 0 Å². The molecule has 20 rings (SSSR count). The topological polar surface area (TPSA) is 326 Å². The number of imidazole rings is 2. The highest BCUT2D eigenvalue weighted by Gasteiger charge is 2.39. The van der Waals surface area contributed by atoms with Crippen molar-refractivity contribution in [2.75, 3.05) is 27.0 Å². The average Bonchev–Trinajstić information content (AvgIpc) is 0.937. The minimum Gasteiger partial charge on any atom is -0.368 e. The van der Waals surface area contributed by atoms with Gasteiger partial charge in [-0.1, -0.05) is 121 Å². The van der Waals surface area contributed by atoms with Crippen molar-refractivity contribution in [3.05, 3.63) is 384 Å². The van der Waals surface area contributed by atoms with Gasteiger partial charge in [0.2, 0.25) is 11.2 Å². The van der Waals surface area contributed by atoms with Gasteiger partial charge >= 0.3 is 24.7 Å². The Morgan fingerprint density at radius 1 is 0.346 bits per heavy atom. The molecule has 0 aliphatic rings. The molecule has 0 unspecified atom stereocenters. The SMILES string of the molecule is C[C@H](Nc1nc(Cl)nc2cccnc12)c1cc2cccc(C(F)(F)F)c2c(=O)n1-c1ccccc1.C[C@H](Nc1nc(N)nc2cccnc12)c1cc2cccc(C(F)(F)F)c2c(=O)n1-c1ccccc1.C[C@H](Nc1ncnn2ccnc12)c1cc2cccc(C(F)(F)F)c2c(=O)n1-c1ccccc1.C[C@H](Nc1ncnn2cncc12)c1cc2cccc(C(F)(F)F)c2c(=O)n1-c1ccccc1. The summed E-state index contributed by atoms with van der Waals surface area (Å²) in [4.78, 5) is 96.6. The van der Waals surface area contributed by atoms with E-state index in [0.29, 0.717) is 102 Å². The second-order valence-corrected chi connectivity index (χ2v) is 31.2. The fraction of sp³-hybridized carbons (Fsp3) is 0.125. The molecule has 27 nitrogen and oxygen atoms in total. The molecular formula is C96H70ClF12N23O4. The van der Waals surface area contributed by atoms with E-state index in [4.69, 9.17) is 17.3 Å². The Morgan fingerprint density at radius 2 is 0.676 bits per heavy atom. The summed E-state index contributed by atoms with van der Waals surface area (Å²) in [5, 5.41) is 20.3. The summed E-state index contributed by atoms with van der Waals surface area (Å²) >= 11 is 6.09. The lowest BCUT2D eigenvalue weighted by molar-refractivity contribution is -0.137. The van der Waals surface area contributed by atoms with Crippen molar-refractivity contribution >= 4 is 117 Å². The number of hydrogen-bond acceptors (Lipinski definition) is 21. The van der Waals surface area contributed by atoms with Crippen LogP contribution in [0.2, 0.25) is 5.28 Å². The smallest absolute Gasteiger partial charge is 0.368 e. The van der Waals surface area contributed by atoms with Gasteiger partial charge in [0.1, 0.15) is 35.5 Å². The van der Waals surface area contributed by atoms with Crippen molar-refractivity contribution in [1.29, 1.82) is 0 Å². The highest BCUT2D eigenvalue weighted by molar-refractivity contribution is 6.28. The summed E-state index contributed by atoms with van der Waals surface area (Å²) in [5.41, 5.74) is 5.69. The number of anilines is 5. The van der Waals surface area contributed by atoms with Gasteiger partial charge in [-0.2, -0.15) is 72.9 Å². The predicted octanol–water partition coefficient (Wildman–Crippen LogP) is 20.5. The van der Waals surface area contributed by atoms with E-state index in [0.717, 1.165) is 24.3 Å². The molecule has 8 aromatic carbocycles. The quantitative estimate of drug-likeness (QED) is 0.0443. The number of aromatic nitrogens is 18. The largest absolute Gasteiger partial charge is 0.417 e. The highest BCUT2D eigenvalue weighted by atomic mass is 35.5. The van der Waals surface area contributed by atoms with Crippen LogP contribution in [0.4, 0.5) is 81.9 Å². The van der Waals surface area contributed by atoms with Crippen molar-refractivity contribution in [1.82, 2.24) is 87.3 Å². The van der Waals surface area contributed by atoms with Gasteiger partial charge < -0.3 is 27.0 Å². The molecule has 0 bridgehead atoms. The number of nitrogens with zero attached hydrogens (tertiary/aromatic N) is 18. The van der Waals surface area contributed by atoms with Gasteiger partial charge in [0.05, 0.1) is 85.2 Å². The van der Waals surface area contributed by atoms with Gasteiger partial charge in [0.15, 0.2) is 28.9 Å². The standard InChI is InChI=1S/C25H17ClF3N5O.C25H19F3N6O.2C23H17F3N6O/c1-14(31-22-21-18(11-6-12-30-21)32-24(26)33-22)19-13-15-7-5-10-17(25(27,28)29)20(15)23(35)34(19)16-8-3-2-4-9-16;1-14(31-22-21-18(11-6-12-30-21)32-24(29)33-22)19-13-15-7-5-10-17(25(26,27)28)20(15)23(35)34(19)16-8-3-2-4-9-16;1-14(30-21-19-11-27-13-31(19)29-12-28-21)18-10-15-6-5-9-17(23(24,25)26)20(15)22(33)32(18)16-7-3-2-4-8-16;1-14(30-20-21-27-10-11-31(21)29-13-28-20)18-12-15-6-5-9-17(23(24,25)26)19(15)22(33)32(18)16-7-3-2-4-8-16/h2-14H,1H3,(H,31,32,33);2-14H,1H3,(H3,29,31,32,33);2*2-14H,1H3,(H,28,29,30)/t4*14-/m0000/s1. The van der Waals surface area contributed by atoms with Crippen molar-refractivity contribution in [2.45, 2.75) is 76.6 Å². The molecule has 12 aromatic heterocycles. The number of fused-ring (bicyclic) bond motifs is 8. The second-order valence-electron chi connectivity index (χ2n) is 30.9. The molecule has 6 N–H and O–H groups in total. The normalized spacial score (nSPS) is 12.8. The fourth-order valence-corrected chi connectivity index (χ4v) is 16.3. The second kappa shape index (κ2) is 37.1. The van der Waals surface area contributed by atoms with Crippen molar-refractivity contribution in [3.8, 4) is 22.7 Å². The van der Waals surface area contributed by atoms with Gasteiger partial charge in [-0.15, -0.1) is 0 Å². The number of nitrogen functional groups attached to an aromatic ring is 1. The molecule has 0 aliphatic heterocycles.